The second-order valence-electron chi connectivity index (χ2n) is 7.30. The lowest BCUT2D eigenvalue weighted by molar-refractivity contribution is 0.0963. The number of rotatable bonds is 6. The summed E-state index contributed by atoms with van der Waals surface area (Å²) < 4.78 is 5.04. The number of nitrogens with one attached hydrogen (secondary N) is 1. The first-order valence-electron chi connectivity index (χ1n) is 9.79. The Hall–Kier alpha value is -1.50. The molecule has 0 aromatic rings. The van der Waals surface area contributed by atoms with Gasteiger partial charge in [0.15, 0.2) is 5.96 Å². The molecule has 0 aromatic carbocycles. The zero-order chi connectivity index (χ0) is 18.1. The standard InChI is InChI=1S/C18H35N5O2/c1-3-25-18(24)23-11-7-16(8-12-23)21-17(19)20-13-15(2)14-22-9-5-4-6-10-22/h15-16H,3-14H2,1-2H3,(H3,19,20,21). The van der Waals surface area contributed by atoms with E-state index in [0.29, 0.717) is 31.6 Å². The Labute approximate surface area is 152 Å². The Morgan fingerprint density at radius 3 is 2.56 bits per heavy atom. The molecule has 2 fully saturated rings. The molecule has 1 amide bonds. The normalized spacial score (nSPS) is 21.8. The van der Waals surface area contributed by atoms with E-state index in [9.17, 15) is 4.79 Å². The molecule has 1 atom stereocenters. The Morgan fingerprint density at radius 2 is 1.92 bits per heavy atom. The van der Waals surface area contributed by atoms with Crippen molar-refractivity contribution in [3.63, 3.8) is 0 Å². The average Bonchev–Trinajstić information content (AvgIpc) is 2.62. The molecule has 7 nitrogen and oxygen atoms in total. The molecule has 2 heterocycles. The van der Waals surface area contributed by atoms with Crippen molar-refractivity contribution in [3.8, 4) is 0 Å². The van der Waals surface area contributed by atoms with Crippen LogP contribution in [0.5, 0.6) is 0 Å². The van der Waals surface area contributed by atoms with Crippen molar-refractivity contribution in [2.24, 2.45) is 16.6 Å². The number of nitrogens with zero attached hydrogens (tertiary/aromatic N) is 3. The summed E-state index contributed by atoms with van der Waals surface area (Å²) in [6, 6.07) is 0.284. The summed E-state index contributed by atoms with van der Waals surface area (Å²) in [6.07, 6.45) is 5.55. The minimum atomic E-state index is -0.214. The number of amides is 1. The van der Waals surface area contributed by atoms with Crippen LogP contribution in [0.2, 0.25) is 0 Å². The maximum atomic E-state index is 11.7. The lowest BCUT2D eigenvalue weighted by Crippen LogP contribution is -2.48. The van der Waals surface area contributed by atoms with Gasteiger partial charge in [-0.2, -0.15) is 0 Å². The number of piperidine rings is 2. The molecule has 144 valence electrons. The highest BCUT2D eigenvalue weighted by Crippen LogP contribution is 2.12. The smallest absolute Gasteiger partial charge is 0.409 e. The molecular weight excluding hydrogens is 318 g/mol. The zero-order valence-electron chi connectivity index (χ0n) is 15.9. The van der Waals surface area contributed by atoms with Crippen LogP contribution < -0.4 is 11.1 Å². The summed E-state index contributed by atoms with van der Waals surface area (Å²) in [6.45, 7) is 10.2. The Kier molecular flexibility index (Phi) is 8.31. The summed E-state index contributed by atoms with van der Waals surface area (Å²) in [7, 11) is 0. The predicted octanol–water partition coefficient (Wildman–Crippen LogP) is 1.63. The van der Waals surface area contributed by atoms with Gasteiger partial charge in [0.2, 0.25) is 0 Å². The van der Waals surface area contributed by atoms with Gasteiger partial charge in [0.1, 0.15) is 0 Å². The maximum absolute atomic E-state index is 11.7. The Bertz CT molecular complexity index is 429. The number of hydrogen-bond donors (Lipinski definition) is 2. The second kappa shape index (κ2) is 10.5. The molecule has 0 spiro atoms. The highest BCUT2D eigenvalue weighted by molar-refractivity contribution is 5.78. The van der Waals surface area contributed by atoms with Crippen molar-refractivity contribution in [1.82, 2.24) is 15.1 Å². The lowest BCUT2D eigenvalue weighted by atomic mass is 10.1. The fourth-order valence-electron chi connectivity index (χ4n) is 3.57. The van der Waals surface area contributed by atoms with Crippen molar-refractivity contribution in [1.29, 1.82) is 0 Å². The van der Waals surface area contributed by atoms with Crippen molar-refractivity contribution in [3.05, 3.63) is 0 Å². The van der Waals surface area contributed by atoms with Gasteiger partial charge < -0.3 is 25.6 Å². The predicted molar refractivity (Wildman–Crippen MR) is 101 cm³/mol. The third-order valence-electron chi connectivity index (χ3n) is 4.96. The third kappa shape index (κ3) is 7.10. The Morgan fingerprint density at radius 1 is 1.24 bits per heavy atom. The fourth-order valence-corrected chi connectivity index (χ4v) is 3.57. The quantitative estimate of drug-likeness (QED) is 0.560. The Balaban J connectivity index is 1.64. The first-order chi connectivity index (χ1) is 12.1. The summed E-state index contributed by atoms with van der Waals surface area (Å²) in [5, 5.41) is 3.30. The topological polar surface area (TPSA) is 83.2 Å². The third-order valence-corrected chi connectivity index (χ3v) is 4.96. The number of carbonyl (C=O) groups is 1. The van der Waals surface area contributed by atoms with Gasteiger partial charge in [-0.1, -0.05) is 13.3 Å². The SMILES string of the molecule is CCOC(=O)N1CCC(NC(N)=NCC(C)CN2CCCCC2)CC1. The van der Waals surface area contributed by atoms with E-state index in [1.54, 1.807) is 4.90 Å². The molecule has 2 aliphatic rings. The molecule has 7 heteroatoms. The van der Waals surface area contributed by atoms with E-state index >= 15 is 0 Å². The van der Waals surface area contributed by atoms with Gasteiger partial charge in [0.05, 0.1) is 6.61 Å². The van der Waals surface area contributed by atoms with Gasteiger partial charge in [-0.3, -0.25) is 4.99 Å². The molecule has 2 aliphatic heterocycles. The second-order valence-corrected chi connectivity index (χ2v) is 7.30. The molecular formula is C18H35N5O2. The van der Waals surface area contributed by atoms with Crippen molar-refractivity contribution < 1.29 is 9.53 Å². The van der Waals surface area contributed by atoms with Gasteiger partial charge in [-0.25, -0.2) is 4.79 Å². The minimum Gasteiger partial charge on any atom is -0.450 e. The van der Waals surface area contributed by atoms with Gasteiger partial charge in [-0.05, 0) is 51.6 Å². The van der Waals surface area contributed by atoms with E-state index in [0.717, 1.165) is 25.9 Å². The van der Waals surface area contributed by atoms with Crippen LogP contribution in [0.3, 0.4) is 0 Å². The number of nitrogens with two attached hydrogens (primary N) is 1. The fraction of sp³-hybridized carbons (Fsp3) is 0.889. The minimum absolute atomic E-state index is 0.214. The summed E-state index contributed by atoms with van der Waals surface area (Å²) in [4.78, 5) is 20.5. The van der Waals surface area contributed by atoms with Crippen molar-refractivity contribution in [2.75, 3.05) is 45.9 Å². The first kappa shape index (κ1) is 19.8. The molecule has 2 saturated heterocycles. The number of hydrogen-bond acceptors (Lipinski definition) is 4. The lowest BCUT2D eigenvalue weighted by Gasteiger charge is -2.32. The number of guanidine groups is 1. The van der Waals surface area contributed by atoms with Gasteiger partial charge in [-0.15, -0.1) is 0 Å². The molecule has 25 heavy (non-hydrogen) atoms. The van der Waals surface area contributed by atoms with Crippen LogP contribution in [0.25, 0.3) is 0 Å². The summed E-state index contributed by atoms with van der Waals surface area (Å²) in [5.41, 5.74) is 6.05. The van der Waals surface area contributed by atoms with Crippen LogP contribution in [0.4, 0.5) is 4.79 Å². The number of likely N-dealkylation sites (tertiary alicyclic amines) is 2. The molecule has 0 bridgehead atoms. The maximum Gasteiger partial charge on any atom is 0.409 e. The number of aliphatic imine (C=N–C) groups is 1. The van der Waals surface area contributed by atoms with E-state index in [1.165, 1.54) is 32.4 Å². The largest absolute Gasteiger partial charge is 0.450 e. The number of ether oxygens (including phenoxy) is 1. The number of carbonyl (C=O) groups excluding carboxylic acids is 1. The van der Waals surface area contributed by atoms with E-state index in [1.807, 2.05) is 6.92 Å². The summed E-state index contributed by atoms with van der Waals surface area (Å²) in [5.74, 6) is 1.05. The van der Waals surface area contributed by atoms with E-state index in [4.69, 9.17) is 10.5 Å². The van der Waals surface area contributed by atoms with Crippen LogP contribution in [-0.2, 0) is 4.74 Å². The molecule has 3 N–H and O–H groups in total. The van der Waals surface area contributed by atoms with Crippen LogP contribution in [0, 0.1) is 5.92 Å². The molecule has 2 rings (SSSR count). The molecule has 0 aliphatic carbocycles. The molecule has 0 radical (unpaired) electrons. The molecule has 1 unspecified atom stereocenters. The van der Waals surface area contributed by atoms with Crippen molar-refractivity contribution in [2.45, 2.75) is 52.0 Å². The highest BCUT2D eigenvalue weighted by atomic mass is 16.6. The van der Waals surface area contributed by atoms with Gasteiger partial charge in [0.25, 0.3) is 0 Å². The monoisotopic (exact) mass is 353 g/mol. The average molecular weight is 354 g/mol. The van der Waals surface area contributed by atoms with Crippen LogP contribution in [0.1, 0.15) is 46.0 Å². The van der Waals surface area contributed by atoms with Gasteiger partial charge >= 0.3 is 6.09 Å². The summed E-state index contributed by atoms with van der Waals surface area (Å²) >= 11 is 0. The zero-order valence-corrected chi connectivity index (χ0v) is 15.9. The molecule has 0 saturated carbocycles. The van der Waals surface area contributed by atoms with Gasteiger partial charge in [0, 0.05) is 32.2 Å². The molecule has 0 aromatic heterocycles. The van der Waals surface area contributed by atoms with Crippen LogP contribution >= 0.6 is 0 Å². The van der Waals surface area contributed by atoms with Crippen LogP contribution in [-0.4, -0.2) is 73.8 Å². The van der Waals surface area contributed by atoms with E-state index in [2.05, 4.69) is 22.1 Å². The first-order valence-corrected chi connectivity index (χ1v) is 9.79. The van der Waals surface area contributed by atoms with E-state index < -0.39 is 0 Å². The highest BCUT2D eigenvalue weighted by Gasteiger charge is 2.23. The van der Waals surface area contributed by atoms with Crippen molar-refractivity contribution >= 4 is 12.1 Å². The van der Waals surface area contributed by atoms with E-state index in [-0.39, 0.29) is 12.1 Å². The van der Waals surface area contributed by atoms with Crippen LogP contribution in [0.15, 0.2) is 4.99 Å².